The second-order valence-corrected chi connectivity index (χ2v) is 6.65. The Morgan fingerprint density at radius 3 is 2.86 bits per heavy atom. The smallest absolute Gasteiger partial charge is 0.270 e. The maximum absolute atomic E-state index is 12.5. The zero-order chi connectivity index (χ0) is 19.9. The monoisotopic (exact) mass is 380 g/mol. The van der Waals surface area contributed by atoms with Crippen molar-refractivity contribution in [1.29, 1.82) is 5.26 Å². The first-order chi connectivity index (χ1) is 13.6. The second kappa shape index (κ2) is 9.04. The molecule has 0 unspecified atom stereocenters. The van der Waals surface area contributed by atoms with Crippen LogP contribution in [0, 0.1) is 17.2 Å². The van der Waals surface area contributed by atoms with Crippen LogP contribution in [-0.4, -0.2) is 42.1 Å². The number of piperidine rings is 1. The number of carbonyl (C=O) groups excluding carboxylic acids is 1. The molecule has 2 aromatic heterocycles. The Bertz CT molecular complexity index is 857. The summed E-state index contributed by atoms with van der Waals surface area (Å²) in [5, 5.41) is 12.1. The highest BCUT2D eigenvalue weighted by Crippen LogP contribution is 2.23. The minimum Gasteiger partial charge on any atom is -0.477 e. The Balaban J connectivity index is 1.56. The van der Waals surface area contributed by atoms with E-state index in [1.165, 1.54) is 6.07 Å². The molecule has 146 valence electrons. The summed E-state index contributed by atoms with van der Waals surface area (Å²) in [4.78, 5) is 23.3. The lowest BCUT2D eigenvalue weighted by Crippen LogP contribution is -2.39. The molecule has 1 aliphatic heterocycles. The van der Waals surface area contributed by atoms with Crippen molar-refractivity contribution in [3.63, 3.8) is 0 Å². The Morgan fingerprint density at radius 2 is 2.21 bits per heavy atom. The van der Waals surface area contributed by atoms with Crippen molar-refractivity contribution in [2.24, 2.45) is 5.92 Å². The fourth-order valence-electron chi connectivity index (χ4n) is 3.24. The minimum atomic E-state index is -0.315. The van der Waals surface area contributed by atoms with Gasteiger partial charge in [-0.3, -0.25) is 4.79 Å². The van der Waals surface area contributed by atoms with Crippen LogP contribution in [0.1, 0.15) is 35.8 Å². The topological polar surface area (TPSA) is 117 Å². The number of nitrogens with two attached hydrogens (primary N) is 1. The van der Waals surface area contributed by atoms with E-state index in [1.54, 1.807) is 13.1 Å². The molecule has 1 fully saturated rings. The van der Waals surface area contributed by atoms with Gasteiger partial charge < -0.3 is 20.7 Å². The van der Waals surface area contributed by atoms with Gasteiger partial charge in [-0.15, -0.1) is 0 Å². The van der Waals surface area contributed by atoms with Crippen LogP contribution in [0.5, 0.6) is 5.88 Å². The fraction of sp³-hybridized carbons (Fsp3) is 0.400. The van der Waals surface area contributed by atoms with Gasteiger partial charge in [-0.2, -0.15) is 5.26 Å². The number of rotatable bonds is 6. The number of nitrogens with zero attached hydrogens (tertiary/aromatic N) is 4. The summed E-state index contributed by atoms with van der Waals surface area (Å²) in [5.74, 6) is 1.17. The van der Waals surface area contributed by atoms with Gasteiger partial charge in [-0.05, 0) is 43.9 Å². The van der Waals surface area contributed by atoms with Crippen molar-refractivity contribution in [1.82, 2.24) is 15.3 Å². The molecule has 0 aromatic carbocycles. The third-order valence-corrected chi connectivity index (χ3v) is 4.78. The van der Waals surface area contributed by atoms with Crippen molar-refractivity contribution >= 4 is 17.4 Å². The number of aromatic nitrogens is 2. The maximum Gasteiger partial charge on any atom is 0.270 e. The zero-order valence-corrected chi connectivity index (χ0v) is 15.9. The van der Waals surface area contributed by atoms with E-state index in [0.29, 0.717) is 19.1 Å². The predicted molar refractivity (Wildman–Crippen MR) is 106 cm³/mol. The highest BCUT2D eigenvalue weighted by Gasteiger charge is 2.22. The maximum atomic E-state index is 12.5. The number of pyridine rings is 2. The quantitative estimate of drug-likeness (QED) is 0.787. The molecule has 0 bridgehead atoms. The molecule has 1 saturated heterocycles. The molecule has 2 aromatic rings. The van der Waals surface area contributed by atoms with Gasteiger partial charge in [0.05, 0.1) is 12.3 Å². The van der Waals surface area contributed by atoms with Crippen molar-refractivity contribution in [3.05, 3.63) is 41.7 Å². The summed E-state index contributed by atoms with van der Waals surface area (Å²) in [6.45, 7) is 4.51. The van der Waals surface area contributed by atoms with E-state index in [-0.39, 0.29) is 28.7 Å². The highest BCUT2D eigenvalue weighted by molar-refractivity contribution is 5.93. The predicted octanol–water partition coefficient (Wildman–Crippen LogP) is 1.98. The Morgan fingerprint density at radius 1 is 1.43 bits per heavy atom. The van der Waals surface area contributed by atoms with E-state index in [2.05, 4.69) is 20.2 Å². The first-order valence-corrected chi connectivity index (χ1v) is 9.40. The lowest BCUT2D eigenvalue weighted by Gasteiger charge is -2.32. The number of nitriles is 1. The van der Waals surface area contributed by atoms with Gasteiger partial charge in [0, 0.05) is 25.8 Å². The van der Waals surface area contributed by atoms with Gasteiger partial charge in [0.1, 0.15) is 23.1 Å². The van der Waals surface area contributed by atoms with E-state index in [1.807, 2.05) is 24.3 Å². The number of amides is 1. The number of anilines is 2. The summed E-state index contributed by atoms with van der Waals surface area (Å²) < 4.78 is 5.34. The van der Waals surface area contributed by atoms with Crippen LogP contribution in [0.25, 0.3) is 0 Å². The highest BCUT2D eigenvalue weighted by atomic mass is 16.5. The van der Waals surface area contributed by atoms with Gasteiger partial charge in [0.2, 0.25) is 5.88 Å². The second-order valence-electron chi connectivity index (χ2n) is 6.65. The number of hydrogen-bond donors (Lipinski definition) is 2. The summed E-state index contributed by atoms with van der Waals surface area (Å²) in [7, 11) is 0. The molecule has 0 spiro atoms. The summed E-state index contributed by atoms with van der Waals surface area (Å²) in [6, 6.07) is 9.29. The van der Waals surface area contributed by atoms with Gasteiger partial charge in [0.15, 0.2) is 0 Å². The molecule has 3 rings (SSSR count). The van der Waals surface area contributed by atoms with E-state index < -0.39 is 0 Å². The van der Waals surface area contributed by atoms with Crippen LogP contribution in [0.4, 0.5) is 11.5 Å². The third kappa shape index (κ3) is 4.49. The lowest BCUT2D eigenvalue weighted by molar-refractivity contribution is 0.0938. The molecule has 1 aliphatic rings. The van der Waals surface area contributed by atoms with Gasteiger partial charge in [-0.1, -0.05) is 6.07 Å². The molecule has 8 heteroatoms. The molecule has 0 radical (unpaired) electrons. The van der Waals surface area contributed by atoms with Crippen molar-refractivity contribution in [2.45, 2.75) is 19.8 Å². The molecule has 28 heavy (non-hydrogen) atoms. The van der Waals surface area contributed by atoms with E-state index >= 15 is 0 Å². The van der Waals surface area contributed by atoms with Crippen molar-refractivity contribution in [2.75, 3.05) is 36.9 Å². The van der Waals surface area contributed by atoms with Crippen LogP contribution in [0.15, 0.2) is 30.5 Å². The van der Waals surface area contributed by atoms with Crippen LogP contribution >= 0.6 is 0 Å². The molecule has 8 nitrogen and oxygen atoms in total. The number of nitrogens with one attached hydrogen (secondary N) is 1. The molecule has 0 atom stereocenters. The van der Waals surface area contributed by atoms with Crippen LogP contribution in [0.2, 0.25) is 0 Å². The summed E-state index contributed by atoms with van der Waals surface area (Å²) in [5.41, 5.74) is 6.38. The molecular formula is C20H24N6O2. The van der Waals surface area contributed by atoms with Crippen molar-refractivity contribution in [3.8, 4) is 11.9 Å². The van der Waals surface area contributed by atoms with E-state index in [4.69, 9.17) is 10.5 Å². The third-order valence-electron chi connectivity index (χ3n) is 4.78. The number of nitrogen functional groups attached to an aromatic ring is 1. The summed E-state index contributed by atoms with van der Waals surface area (Å²) >= 11 is 0. The molecule has 0 saturated carbocycles. The van der Waals surface area contributed by atoms with Gasteiger partial charge in [0.25, 0.3) is 5.91 Å². The minimum absolute atomic E-state index is 0.0961. The number of hydrogen-bond acceptors (Lipinski definition) is 7. The Hall–Kier alpha value is -3.34. The standard InChI is InChI=1S/C20H24N6O2/c1-2-28-20-15(12-21)16(22)11-17(25-20)19(27)24-13-14-6-9-26(10-7-14)18-5-3-4-8-23-18/h3-5,8,11,14H,2,6-7,9-10,13H2,1H3,(H2,22,25)(H,24,27). The molecule has 1 amide bonds. The fourth-order valence-corrected chi connectivity index (χ4v) is 3.24. The first-order valence-electron chi connectivity index (χ1n) is 9.40. The van der Waals surface area contributed by atoms with E-state index in [9.17, 15) is 10.1 Å². The lowest BCUT2D eigenvalue weighted by atomic mass is 9.96. The van der Waals surface area contributed by atoms with Crippen LogP contribution < -0.4 is 20.7 Å². The van der Waals surface area contributed by atoms with Crippen molar-refractivity contribution < 1.29 is 9.53 Å². The summed E-state index contributed by atoms with van der Waals surface area (Å²) in [6.07, 6.45) is 3.75. The van der Waals surface area contributed by atoms with E-state index in [0.717, 1.165) is 31.7 Å². The van der Waals surface area contributed by atoms with Crippen LogP contribution in [0.3, 0.4) is 0 Å². The largest absolute Gasteiger partial charge is 0.477 e. The number of carbonyl (C=O) groups is 1. The molecule has 3 heterocycles. The molecular weight excluding hydrogens is 356 g/mol. The normalized spacial score (nSPS) is 14.4. The van der Waals surface area contributed by atoms with Crippen LogP contribution in [-0.2, 0) is 0 Å². The zero-order valence-electron chi connectivity index (χ0n) is 15.9. The average molecular weight is 380 g/mol. The first kappa shape index (κ1) is 19.4. The Labute approximate surface area is 164 Å². The Kier molecular flexibility index (Phi) is 6.27. The van der Waals surface area contributed by atoms with Gasteiger partial charge in [-0.25, -0.2) is 9.97 Å². The van der Waals surface area contributed by atoms with Gasteiger partial charge >= 0.3 is 0 Å². The average Bonchev–Trinajstić information content (AvgIpc) is 2.73. The molecule has 0 aliphatic carbocycles. The number of ether oxygens (including phenoxy) is 1. The molecule has 3 N–H and O–H groups in total. The SMILES string of the molecule is CCOc1nc(C(=O)NCC2CCN(c3ccccn3)CC2)cc(N)c1C#N.